The number of aryl methyl sites for hydroxylation is 1. The summed E-state index contributed by atoms with van der Waals surface area (Å²) in [4.78, 5) is 16.6. The lowest BCUT2D eigenvalue weighted by Gasteiger charge is -2.16. The molecule has 0 bridgehead atoms. The fourth-order valence-corrected chi connectivity index (χ4v) is 4.22. The van der Waals surface area contributed by atoms with Gasteiger partial charge in [-0.05, 0) is 31.4 Å². The Morgan fingerprint density at radius 3 is 2.81 bits per heavy atom. The topological polar surface area (TPSA) is 58.4 Å². The summed E-state index contributed by atoms with van der Waals surface area (Å²) in [5.41, 5.74) is 3.19. The maximum atomic E-state index is 12.0. The predicted molar refractivity (Wildman–Crippen MR) is 109 cm³/mol. The van der Waals surface area contributed by atoms with Crippen LogP contribution in [0, 0.1) is 6.92 Å². The standard InChI is InChI=1S/C20H30N4OS/c1-16-8-9-19-23-18(13-24(19)12-16)14-26-15-20(25)22-11-10-21-17-6-4-2-3-5-7-17/h8-9,12-13,17,21H,2-7,10-11,14-15H2,1H3,(H,22,25). The maximum absolute atomic E-state index is 12.0. The van der Waals surface area contributed by atoms with Crippen LogP contribution in [0.1, 0.15) is 49.8 Å². The van der Waals surface area contributed by atoms with Gasteiger partial charge in [0, 0.05) is 37.3 Å². The molecule has 26 heavy (non-hydrogen) atoms. The number of thioether (sulfide) groups is 1. The second-order valence-electron chi connectivity index (χ2n) is 7.19. The number of imidazole rings is 1. The minimum Gasteiger partial charge on any atom is -0.354 e. The number of rotatable bonds is 8. The van der Waals surface area contributed by atoms with E-state index in [1.165, 1.54) is 44.1 Å². The molecule has 0 atom stereocenters. The predicted octanol–water partition coefficient (Wildman–Crippen LogP) is 3.30. The van der Waals surface area contributed by atoms with E-state index in [-0.39, 0.29) is 5.91 Å². The van der Waals surface area contributed by atoms with E-state index in [0.717, 1.165) is 23.6 Å². The molecule has 1 amide bonds. The third-order valence-corrected chi connectivity index (χ3v) is 5.83. The number of carbonyl (C=O) groups excluding carboxylic acids is 1. The number of carbonyl (C=O) groups is 1. The van der Waals surface area contributed by atoms with Gasteiger partial charge in [-0.2, -0.15) is 0 Å². The molecule has 0 saturated heterocycles. The lowest BCUT2D eigenvalue weighted by molar-refractivity contribution is -0.118. The highest BCUT2D eigenvalue weighted by Gasteiger charge is 2.11. The van der Waals surface area contributed by atoms with Gasteiger partial charge in [0.25, 0.3) is 0 Å². The summed E-state index contributed by atoms with van der Waals surface area (Å²) in [6, 6.07) is 4.73. The van der Waals surface area contributed by atoms with Gasteiger partial charge >= 0.3 is 0 Å². The first-order valence-electron chi connectivity index (χ1n) is 9.73. The number of amides is 1. The summed E-state index contributed by atoms with van der Waals surface area (Å²) >= 11 is 1.61. The van der Waals surface area contributed by atoms with Crippen LogP contribution in [-0.2, 0) is 10.5 Å². The number of nitrogens with zero attached hydrogens (tertiary/aromatic N) is 2. The molecule has 3 rings (SSSR count). The SMILES string of the molecule is Cc1ccc2nc(CSCC(=O)NCCNC3CCCCCC3)cn2c1. The van der Waals surface area contributed by atoms with Gasteiger partial charge < -0.3 is 15.0 Å². The van der Waals surface area contributed by atoms with Gasteiger partial charge in [-0.3, -0.25) is 4.79 Å². The summed E-state index contributed by atoms with van der Waals surface area (Å²) in [6.07, 6.45) is 12.1. The molecule has 2 N–H and O–H groups in total. The molecule has 2 aromatic heterocycles. The molecule has 142 valence electrons. The van der Waals surface area contributed by atoms with Crippen molar-refractivity contribution in [2.75, 3.05) is 18.8 Å². The number of fused-ring (bicyclic) bond motifs is 1. The Bertz CT molecular complexity index is 707. The normalized spacial score (nSPS) is 15.9. The van der Waals surface area contributed by atoms with Crippen molar-refractivity contribution in [2.45, 2.75) is 57.2 Å². The monoisotopic (exact) mass is 374 g/mol. The Morgan fingerprint density at radius 1 is 1.19 bits per heavy atom. The molecule has 0 aliphatic heterocycles. The molecule has 2 heterocycles. The van der Waals surface area contributed by atoms with Crippen LogP contribution in [0.25, 0.3) is 5.65 Å². The van der Waals surface area contributed by atoms with Crippen molar-refractivity contribution < 1.29 is 4.79 Å². The van der Waals surface area contributed by atoms with Crippen LogP contribution in [-0.4, -0.2) is 40.2 Å². The molecule has 6 heteroatoms. The molecule has 5 nitrogen and oxygen atoms in total. The highest BCUT2D eigenvalue weighted by molar-refractivity contribution is 7.99. The van der Waals surface area contributed by atoms with E-state index in [1.807, 2.05) is 16.7 Å². The number of hydrogen-bond donors (Lipinski definition) is 2. The first-order valence-corrected chi connectivity index (χ1v) is 10.9. The van der Waals surface area contributed by atoms with Gasteiger partial charge in [-0.1, -0.05) is 31.7 Å². The summed E-state index contributed by atoms with van der Waals surface area (Å²) < 4.78 is 2.05. The van der Waals surface area contributed by atoms with Crippen molar-refractivity contribution in [3.63, 3.8) is 0 Å². The molecule has 0 radical (unpaired) electrons. The van der Waals surface area contributed by atoms with Crippen molar-refractivity contribution in [3.8, 4) is 0 Å². The molecule has 1 aliphatic carbocycles. The Morgan fingerprint density at radius 2 is 2.00 bits per heavy atom. The van der Waals surface area contributed by atoms with Crippen LogP contribution >= 0.6 is 11.8 Å². The van der Waals surface area contributed by atoms with Crippen molar-refractivity contribution in [3.05, 3.63) is 35.8 Å². The Hall–Kier alpha value is -1.53. The van der Waals surface area contributed by atoms with E-state index in [2.05, 4.69) is 34.8 Å². The molecule has 0 spiro atoms. The molecule has 0 aromatic carbocycles. The van der Waals surface area contributed by atoms with Crippen molar-refractivity contribution in [2.24, 2.45) is 0 Å². The number of aromatic nitrogens is 2. The zero-order valence-corrected chi connectivity index (χ0v) is 16.5. The number of pyridine rings is 1. The zero-order valence-electron chi connectivity index (χ0n) is 15.7. The van der Waals surface area contributed by atoms with Crippen molar-refractivity contribution >= 4 is 23.3 Å². The smallest absolute Gasteiger partial charge is 0.230 e. The van der Waals surface area contributed by atoms with Gasteiger partial charge in [0.2, 0.25) is 5.91 Å². The fourth-order valence-electron chi connectivity index (χ4n) is 3.49. The fraction of sp³-hybridized carbons (Fsp3) is 0.600. The van der Waals surface area contributed by atoms with E-state index in [1.54, 1.807) is 11.8 Å². The minimum absolute atomic E-state index is 0.109. The lowest BCUT2D eigenvalue weighted by Crippen LogP contribution is -2.37. The van der Waals surface area contributed by atoms with Gasteiger partial charge in [0.1, 0.15) is 5.65 Å². The van der Waals surface area contributed by atoms with Crippen LogP contribution in [0.2, 0.25) is 0 Å². The lowest BCUT2D eigenvalue weighted by atomic mass is 10.1. The van der Waals surface area contributed by atoms with Gasteiger partial charge in [-0.25, -0.2) is 4.98 Å². The summed E-state index contributed by atoms with van der Waals surface area (Å²) in [5, 5.41) is 6.59. The zero-order chi connectivity index (χ0) is 18.2. The van der Waals surface area contributed by atoms with Crippen molar-refractivity contribution in [1.29, 1.82) is 0 Å². The maximum Gasteiger partial charge on any atom is 0.230 e. The first kappa shape index (κ1) is 19.2. The Labute approximate surface area is 160 Å². The summed E-state index contributed by atoms with van der Waals surface area (Å²) in [6.45, 7) is 3.65. The van der Waals surface area contributed by atoms with Crippen LogP contribution in [0.15, 0.2) is 24.5 Å². The Balaban J connectivity index is 1.29. The number of hydrogen-bond acceptors (Lipinski definition) is 4. The molecule has 1 aliphatic rings. The minimum atomic E-state index is 0.109. The largest absolute Gasteiger partial charge is 0.354 e. The summed E-state index contributed by atoms with van der Waals surface area (Å²) in [7, 11) is 0. The van der Waals surface area contributed by atoms with E-state index in [9.17, 15) is 4.79 Å². The van der Waals surface area contributed by atoms with Gasteiger partial charge in [0.15, 0.2) is 0 Å². The van der Waals surface area contributed by atoms with Gasteiger partial charge in [0.05, 0.1) is 11.4 Å². The second-order valence-corrected chi connectivity index (χ2v) is 8.18. The highest BCUT2D eigenvalue weighted by atomic mass is 32.2. The van der Waals surface area contributed by atoms with E-state index in [4.69, 9.17) is 0 Å². The second kappa shape index (κ2) is 9.97. The quantitative estimate of drug-likeness (QED) is 0.550. The number of nitrogens with one attached hydrogen (secondary N) is 2. The first-order chi connectivity index (χ1) is 12.7. The van der Waals surface area contributed by atoms with E-state index in [0.29, 0.717) is 18.3 Å². The van der Waals surface area contributed by atoms with E-state index >= 15 is 0 Å². The Kier molecular flexibility index (Phi) is 7.38. The average Bonchev–Trinajstić information content (AvgIpc) is 2.84. The highest BCUT2D eigenvalue weighted by Crippen LogP contribution is 2.17. The van der Waals surface area contributed by atoms with Gasteiger partial charge in [-0.15, -0.1) is 11.8 Å². The van der Waals surface area contributed by atoms with E-state index < -0.39 is 0 Å². The summed E-state index contributed by atoms with van der Waals surface area (Å²) in [5.74, 6) is 1.35. The molecule has 1 fully saturated rings. The van der Waals surface area contributed by atoms with Crippen molar-refractivity contribution in [1.82, 2.24) is 20.0 Å². The molecule has 2 aromatic rings. The third-order valence-electron chi connectivity index (χ3n) is 4.87. The molecule has 0 unspecified atom stereocenters. The molecular weight excluding hydrogens is 344 g/mol. The molecule has 1 saturated carbocycles. The van der Waals surface area contributed by atoms with Crippen LogP contribution < -0.4 is 10.6 Å². The van der Waals surface area contributed by atoms with Crippen LogP contribution in [0.4, 0.5) is 0 Å². The van der Waals surface area contributed by atoms with Crippen LogP contribution in [0.5, 0.6) is 0 Å². The van der Waals surface area contributed by atoms with Crippen LogP contribution in [0.3, 0.4) is 0 Å². The average molecular weight is 375 g/mol. The third kappa shape index (κ3) is 6.02. The molecular formula is C20H30N4OS.